The van der Waals surface area contributed by atoms with E-state index in [1.807, 2.05) is 17.2 Å². The van der Waals surface area contributed by atoms with Crippen LogP contribution in [-0.4, -0.2) is 64.5 Å². The van der Waals surface area contributed by atoms with Crippen molar-refractivity contribution in [3.8, 4) is 0 Å². The Morgan fingerprint density at radius 1 is 1.39 bits per heavy atom. The van der Waals surface area contributed by atoms with E-state index in [0.717, 1.165) is 37.4 Å². The van der Waals surface area contributed by atoms with Gasteiger partial charge in [-0.05, 0) is 31.6 Å². The second-order valence-electron chi connectivity index (χ2n) is 6.58. The highest BCUT2D eigenvalue weighted by molar-refractivity contribution is 7.09. The number of carbonyl (C=O) groups excluding carboxylic acids is 2. The molecule has 1 aromatic heterocycles. The number of aromatic nitrogens is 1. The molecule has 0 atom stereocenters. The number of aliphatic hydroxyl groups is 1. The lowest BCUT2D eigenvalue weighted by atomic mass is 9.72. The van der Waals surface area contributed by atoms with Crippen LogP contribution < -0.4 is 0 Å². The third kappa shape index (κ3) is 3.40. The summed E-state index contributed by atoms with van der Waals surface area (Å²) in [6.45, 7) is 4.48. The summed E-state index contributed by atoms with van der Waals surface area (Å²) in [4.78, 5) is 32.3. The highest BCUT2D eigenvalue weighted by atomic mass is 32.1. The summed E-state index contributed by atoms with van der Waals surface area (Å²) in [5.74, 6) is 0.157. The van der Waals surface area contributed by atoms with Crippen LogP contribution in [-0.2, 0) is 4.79 Å². The number of amides is 2. The van der Waals surface area contributed by atoms with E-state index >= 15 is 0 Å². The van der Waals surface area contributed by atoms with E-state index in [9.17, 15) is 9.59 Å². The van der Waals surface area contributed by atoms with Gasteiger partial charge in [-0.3, -0.25) is 9.59 Å². The highest BCUT2D eigenvalue weighted by Gasteiger charge is 2.41. The third-order valence-electron chi connectivity index (χ3n) is 5.07. The van der Waals surface area contributed by atoms with Crippen molar-refractivity contribution in [1.82, 2.24) is 14.8 Å². The van der Waals surface area contributed by atoms with Gasteiger partial charge in [0.15, 0.2) is 0 Å². The van der Waals surface area contributed by atoms with Crippen LogP contribution in [0.1, 0.15) is 41.2 Å². The average Bonchev–Trinajstić information content (AvgIpc) is 2.98. The van der Waals surface area contributed by atoms with Gasteiger partial charge < -0.3 is 14.9 Å². The molecule has 1 spiro atoms. The van der Waals surface area contributed by atoms with Crippen molar-refractivity contribution in [1.29, 1.82) is 0 Å². The van der Waals surface area contributed by atoms with Crippen LogP contribution in [0.2, 0.25) is 0 Å². The zero-order chi connectivity index (χ0) is 16.4. The van der Waals surface area contributed by atoms with E-state index in [4.69, 9.17) is 5.11 Å². The van der Waals surface area contributed by atoms with Crippen molar-refractivity contribution >= 4 is 23.2 Å². The SMILES string of the molecule is Cc1nc(C(=O)N2CCC3(CCC(=O)N(CCO)C3)CC2)cs1. The Morgan fingerprint density at radius 3 is 2.74 bits per heavy atom. The lowest BCUT2D eigenvalue weighted by molar-refractivity contribution is -0.139. The molecule has 0 radical (unpaired) electrons. The predicted molar refractivity (Wildman–Crippen MR) is 87.3 cm³/mol. The van der Waals surface area contributed by atoms with Gasteiger partial charge in [0.1, 0.15) is 5.69 Å². The number of hydrogen-bond donors (Lipinski definition) is 1. The topological polar surface area (TPSA) is 73.7 Å². The molecule has 0 aromatic carbocycles. The minimum absolute atomic E-state index is 0.00953. The molecule has 2 amide bonds. The van der Waals surface area contributed by atoms with Crippen molar-refractivity contribution in [3.63, 3.8) is 0 Å². The van der Waals surface area contributed by atoms with Crippen molar-refractivity contribution in [2.24, 2.45) is 5.41 Å². The molecule has 7 heteroatoms. The van der Waals surface area contributed by atoms with Crippen LogP contribution in [0.5, 0.6) is 0 Å². The zero-order valence-electron chi connectivity index (χ0n) is 13.5. The van der Waals surface area contributed by atoms with E-state index in [2.05, 4.69) is 4.98 Å². The van der Waals surface area contributed by atoms with Crippen LogP contribution >= 0.6 is 11.3 Å². The van der Waals surface area contributed by atoms with E-state index in [0.29, 0.717) is 25.2 Å². The number of piperidine rings is 2. The Hall–Kier alpha value is -1.47. The maximum Gasteiger partial charge on any atom is 0.273 e. The molecular formula is C16H23N3O3S. The predicted octanol–water partition coefficient (Wildman–Crippen LogP) is 1.29. The van der Waals surface area contributed by atoms with Gasteiger partial charge in [-0.15, -0.1) is 11.3 Å². The second-order valence-corrected chi connectivity index (χ2v) is 7.65. The number of aryl methyl sites for hydroxylation is 1. The fraction of sp³-hybridized carbons (Fsp3) is 0.688. The quantitative estimate of drug-likeness (QED) is 0.902. The Bertz CT molecular complexity index is 593. The van der Waals surface area contributed by atoms with Crippen molar-refractivity contribution in [3.05, 3.63) is 16.1 Å². The van der Waals surface area contributed by atoms with Gasteiger partial charge in [0, 0.05) is 38.0 Å². The molecule has 3 rings (SSSR count). The number of β-amino-alcohol motifs (C(OH)–C–C–N with tert-alkyl or cyclic N) is 1. The minimum atomic E-state index is 0.00953. The molecular weight excluding hydrogens is 314 g/mol. The highest BCUT2D eigenvalue weighted by Crippen LogP contribution is 2.40. The fourth-order valence-corrected chi connectivity index (χ4v) is 4.23. The average molecular weight is 337 g/mol. The molecule has 126 valence electrons. The summed E-state index contributed by atoms with van der Waals surface area (Å²) in [7, 11) is 0. The maximum absolute atomic E-state index is 12.5. The monoisotopic (exact) mass is 337 g/mol. The largest absolute Gasteiger partial charge is 0.395 e. The fourth-order valence-electron chi connectivity index (χ4n) is 3.64. The number of nitrogens with zero attached hydrogens (tertiary/aromatic N) is 3. The molecule has 6 nitrogen and oxygen atoms in total. The molecule has 2 aliphatic rings. The molecule has 0 aliphatic carbocycles. The van der Waals surface area contributed by atoms with Gasteiger partial charge in [0.25, 0.3) is 5.91 Å². The number of likely N-dealkylation sites (tertiary alicyclic amines) is 2. The van der Waals surface area contributed by atoms with Crippen molar-refractivity contribution < 1.29 is 14.7 Å². The molecule has 1 N–H and O–H groups in total. The Labute approximate surface area is 140 Å². The van der Waals surface area contributed by atoms with Gasteiger partial charge in [0.2, 0.25) is 5.91 Å². The summed E-state index contributed by atoms with van der Waals surface area (Å²) in [6.07, 6.45) is 3.28. The smallest absolute Gasteiger partial charge is 0.273 e. The number of thiazole rings is 1. The minimum Gasteiger partial charge on any atom is -0.395 e. The first kappa shape index (κ1) is 16.4. The summed E-state index contributed by atoms with van der Waals surface area (Å²) in [5.41, 5.74) is 0.655. The van der Waals surface area contributed by atoms with Gasteiger partial charge in [0.05, 0.1) is 11.6 Å². The van der Waals surface area contributed by atoms with Crippen LogP contribution in [0.15, 0.2) is 5.38 Å². The van der Waals surface area contributed by atoms with E-state index in [1.165, 1.54) is 11.3 Å². The van der Waals surface area contributed by atoms with Gasteiger partial charge >= 0.3 is 0 Å². The molecule has 2 saturated heterocycles. The van der Waals surface area contributed by atoms with Crippen LogP contribution in [0.25, 0.3) is 0 Å². The van der Waals surface area contributed by atoms with E-state index in [-0.39, 0.29) is 23.8 Å². The molecule has 2 aliphatic heterocycles. The first-order valence-electron chi connectivity index (χ1n) is 8.13. The summed E-state index contributed by atoms with van der Waals surface area (Å²) in [5, 5.41) is 11.8. The number of aliphatic hydroxyl groups excluding tert-OH is 1. The van der Waals surface area contributed by atoms with Gasteiger partial charge in [-0.25, -0.2) is 4.98 Å². The van der Waals surface area contributed by atoms with E-state index < -0.39 is 0 Å². The van der Waals surface area contributed by atoms with Gasteiger partial charge in [-0.1, -0.05) is 0 Å². The number of hydrogen-bond acceptors (Lipinski definition) is 5. The van der Waals surface area contributed by atoms with Gasteiger partial charge in [-0.2, -0.15) is 0 Å². The second kappa shape index (κ2) is 6.57. The first-order chi connectivity index (χ1) is 11.0. The molecule has 0 unspecified atom stereocenters. The van der Waals surface area contributed by atoms with Crippen LogP contribution in [0.3, 0.4) is 0 Å². The molecule has 3 heterocycles. The Kier molecular flexibility index (Phi) is 4.68. The van der Waals surface area contributed by atoms with Crippen LogP contribution in [0.4, 0.5) is 0 Å². The summed E-state index contributed by atoms with van der Waals surface area (Å²) in [6, 6.07) is 0. The molecule has 0 bridgehead atoms. The molecule has 23 heavy (non-hydrogen) atoms. The Balaban J connectivity index is 1.61. The molecule has 2 fully saturated rings. The standard InChI is InChI=1S/C16H23N3O3S/c1-12-17-13(10-23-12)15(22)18-6-4-16(5-7-18)3-2-14(21)19(11-16)8-9-20/h10,20H,2-9,11H2,1H3. The van der Waals surface area contributed by atoms with Crippen molar-refractivity contribution in [2.75, 3.05) is 32.8 Å². The first-order valence-corrected chi connectivity index (χ1v) is 9.01. The number of carbonyl (C=O) groups is 2. The lowest BCUT2D eigenvalue weighted by Crippen LogP contribution is -2.52. The zero-order valence-corrected chi connectivity index (χ0v) is 14.3. The summed E-state index contributed by atoms with van der Waals surface area (Å²) >= 11 is 1.50. The maximum atomic E-state index is 12.5. The molecule has 0 saturated carbocycles. The van der Waals surface area contributed by atoms with E-state index in [1.54, 1.807) is 4.90 Å². The Morgan fingerprint density at radius 2 is 2.13 bits per heavy atom. The molecule has 1 aromatic rings. The number of rotatable bonds is 3. The normalized spacial score (nSPS) is 21.0. The van der Waals surface area contributed by atoms with Crippen LogP contribution in [0, 0.1) is 12.3 Å². The summed E-state index contributed by atoms with van der Waals surface area (Å²) < 4.78 is 0. The van der Waals surface area contributed by atoms with Crippen molar-refractivity contribution in [2.45, 2.75) is 32.6 Å². The lowest BCUT2D eigenvalue weighted by Gasteiger charge is -2.47. The third-order valence-corrected chi connectivity index (χ3v) is 5.84.